The molecule has 0 N–H and O–H groups in total. The third-order valence-electron chi connectivity index (χ3n) is 13.0. The summed E-state index contributed by atoms with van der Waals surface area (Å²) in [6.45, 7) is 13.8. The molecule has 0 amide bonds. The molecule has 0 heterocycles. The Morgan fingerprint density at radius 2 is 0.651 bits per heavy atom. The van der Waals surface area contributed by atoms with Crippen LogP contribution in [0.3, 0.4) is 0 Å². The van der Waals surface area contributed by atoms with Crippen molar-refractivity contribution in [3.8, 4) is 34.4 Å². The fourth-order valence-corrected chi connectivity index (χ4v) is 9.83. The van der Waals surface area contributed by atoms with Gasteiger partial charge in [-0.3, -0.25) is 0 Å². The predicted octanol–water partition coefficient (Wildman–Crippen LogP) is 15.3. The van der Waals surface area contributed by atoms with Crippen molar-refractivity contribution in [1.29, 1.82) is 10.5 Å². The number of nitrogens with zero attached hydrogens (tertiary/aromatic N) is 4. The lowest BCUT2D eigenvalue weighted by atomic mass is 9.68. The molecule has 0 unspecified atom stereocenters. The molecule has 0 saturated heterocycles. The zero-order valence-electron chi connectivity index (χ0n) is 36.6. The molecule has 0 aliphatic heterocycles. The van der Waals surface area contributed by atoms with Gasteiger partial charge in [-0.05, 0) is 164 Å². The Morgan fingerprint density at radius 3 is 0.984 bits per heavy atom. The first-order valence-corrected chi connectivity index (χ1v) is 21.7. The van der Waals surface area contributed by atoms with Crippen LogP contribution in [0.4, 0.5) is 34.1 Å². The maximum atomic E-state index is 9.74. The molecular weight excluding hydrogens is 765 g/mol. The molecule has 2 aliphatic carbocycles. The van der Waals surface area contributed by atoms with Crippen LogP contribution >= 0.6 is 0 Å². The van der Waals surface area contributed by atoms with Gasteiger partial charge in [0.2, 0.25) is 0 Å². The second-order valence-corrected chi connectivity index (χ2v) is 18.9. The molecule has 304 valence electrons. The molecule has 0 saturated carbocycles. The first-order chi connectivity index (χ1) is 30.4. The zero-order chi connectivity index (χ0) is 43.7. The largest absolute Gasteiger partial charge is 0.310 e. The highest BCUT2D eigenvalue weighted by atomic mass is 15.1. The molecule has 63 heavy (non-hydrogen) atoms. The summed E-state index contributed by atoms with van der Waals surface area (Å²) in [5.41, 5.74) is 19.1. The van der Waals surface area contributed by atoms with Crippen LogP contribution in [-0.2, 0) is 16.2 Å². The van der Waals surface area contributed by atoms with Gasteiger partial charge in [0.25, 0.3) is 0 Å². The van der Waals surface area contributed by atoms with E-state index in [1.807, 2.05) is 48.5 Å². The van der Waals surface area contributed by atoms with E-state index in [-0.39, 0.29) is 10.8 Å². The Bertz CT molecular complexity index is 2920. The van der Waals surface area contributed by atoms with Crippen molar-refractivity contribution in [1.82, 2.24) is 0 Å². The molecular formula is C59H48N4. The van der Waals surface area contributed by atoms with Crippen molar-refractivity contribution in [2.24, 2.45) is 0 Å². The van der Waals surface area contributed by atoms with E-state index in [2.05, 4.69) is 197 Å². The summed E-state index contributed by atoms with van der Waals surface area (Å²) in [5, 5.41) is 19.5. The van der Waals surface area contributed by atoms with Crippen LogP contribution in [0.25, 0.3) is 22.3 Å². The molecule has 0 atom stereocenters. The zero-order valence-corrected chi connectivity index (χ0v) is 36.6. The SMILES string of the molecule is CC(C)(C)c1ccc2c(c1)C1(c3cc(N(c4ccccc4)c4ccc(C#N)cc4)ccc3-c3ccc(N(c4ccccc4)c4ccc(C#N)cc4)cc31)c1cc(C(C)(C)C)ccc1-2. The number of nitriles is 2. The number of hydrogen-bond acceptors (Lipinski definition) is 4. The van der Waals surface area contributed by atoms with E-state index < -0.39 is 5.41 Å². The molecule has 0 radical (unpaired) electrons. The van der Waals surface area contributed by atoms with E-state index >= 15 is 0 Å². The minimum Gasteiger partial charge on any atom is -0.310 e. The summed E-state index contributed by atoms with van der Waals surface area (Å²) in [7, 11) is 0. The minimum atomic E-state index is -0.677. The summed E-state index contributed by atoms with van der Waals surface area (Å²) in [6, 6.07) is 69.8. The summed E-state index contributed by atoms with van der Waals surface area (Å²) >= 11 is 0. The summed E-state index contributed by atoms with van der Waals surface area (Å²) in [6.07, 6.45) is 0. The topological polar surface area (TPSA) is 54.1 Å². The van der Waals surface area contributed by atoms with Gasteiger partial charge in [-0.15, -0.1) is 0 Å². The summed E-state index contributed by atoms with van der Waals surface area (Å²) in [5.74, 6) is 0. The fourth-order valence-electron chi connectivity index (χ4n) is 9.83. The highest BCUT2D eigenvalue weighted by Gasteiger charge is 2.53. The highest BCUT2D eigenvalue weighted by molar-refractivity contribution is 5.98. The van der Waals surface area contributed by atoms with Crippen molar-refractivity contribution >= 4 is 34.1 Å². The van der Waals surface area contributed by atoms with Crippen molar-refractivity contribution in [3.05, 3.63) is 226 Å². The molecule has 0 bridgehead atoms. The molecule has 10 rings (SSSR count). The minimum absolute atomic E-state index is 0.0884. The summed E-state index contributed by atoms with van der Waals surface area (Å²) < 4.78 is 0. The van der Waals surface area contributed by atoms with Crippen LogP contribution in [0.1, 0.15) is 86.1 Å². The number of anilines is 6. The average Bonchev–Trinajstić information content (AvgIpc) is 3.76. The molecule has 8 aromatic carbocycles. The first kappa shape index (κ1) is 39.5. The second-order valence-electron chi connectivity index (χ2n) is 18.9. The van der Waals surface area contributed by atoms with E-state index in [9.17, 15) is 10.5 Å². The van der Waals surface area contributed by atoms with Gasteiger partial charge in [-0.1, -0.05) is 126 Å². The highest BCUT2D eigenvalue weighted by Crippen LogP contribution is 2.65. The maximum Gasteiger partial charge on any atom is 0.0991 e. The average molecular weight is 813 g/mol. The van der Waals surface area contributed by atoms with Gasteiger partial charge in [0.1, 0.15) is 0 Å². The molecule has 8 aromatic rings. The van der Waals surface area contributed by atoms with Gasteiger partial charge in [0.15, 0.2) is 0 Å². The lowest BCUT2D eigenvalue weighted by Crippen LogP contribution is -2.28. The lowest BCUT2D eigenvalue weighted by Gasteiger charge is -2.34. The van der Waals surface area contributed by atoms with Gasteiger partial charge < -0.3 is 9.80 Å². The van der Waals surface area contributed by atoms with Crippen LogP contribution in [0.2, 0.25) is 0 Å². The monoisotopic (exact) mass is 812 g/mol. The standard InChI is InChI=1S/C59H48N4/c1-57(2,3)41-21-29-49-50-30-22-42(58(4,5)6)34-54(50)59(53(49)33-41)55-35-47(62(43-13-9-7-10-14-43)45-23-17-39(37-60)18-24-45)27-31-51(55)52-32-28-48(36-56(52)59)63(44-15-11-8-12-16-44)46-25-19-40(38-61)20-26-46/h7-36H,1-6H3. The Kier molecular flexibility index (Phi) is 9.25. The number of rotatable bonds is 6. The number of benzene rings is 8. The van der Waals surface area contributed by atoms with Crippen LogP contribution in [-0.4, -0.2) is 0 Å². The molecule has 1 spiro atoms. The third-order valence-corrected chi connectivity index (χ3v) is 13.0. The van der Waals surface area contributed by atoms with E-state index in [0.29, 0.717) is 11.1 Å². The Balaban J connectivity index is 1.31. The molecule has 0 fully saturated rings. The first-order valence-electron chi connectivity index (χ1n) is 21.7. The van der Waals surface area contributed by atoms with Crippen LogP contribution in [0.5, 0.6) is 0 Å². The Labute approximate surface area is 371 Å². The van der Waals surface area contributed by atoms with E-state index in [4.69, 9.17) is 0 Å². The van der Waals surface area contributed by atoms with Crippen LogP contribution in [0.15, 0.2) is 182 Å². The molecule has 2 aliphatic rings. The molecule has 0 aromatic heterocycles. The van der Waals surface area contributed by atoms with Crippen LogP contribution in [0, 0.1) is 22.7 Å². The summed E-state index contributed by atoms with van der Waals surface area (Å²) in [4.78, 5) is 4.61. The Hall–Kier alpha value is -7.66. The third kappa shape index (κ3) is 6.41. The normalized spacial score (nSPS) is 13.0. The number of fused-ring (bicyclic) bond motifs is 10. The van der Waals surface area contributed by atoms with Crippen LogP contribution < -0.4 is 9.80 Å². The quantitative estimate of drug-likeness (QED) is 0.168. The molecule has 4 heteroatoms. The molecule has 4 nitrogen and oxygen atoms in total. The van der Waals surface area contributed by atoms with Gasteiger partial charge in [-0.25, -0.2) is 0 Å². The van der Waals surface area contributed by atoms with E-state index in [0.717, 1.165) is 34.1 Å². The Morgan fingerprint density at radius 1 is 0.349 bits per heavy atom. The second kappa shape index (κ2) is 14.8. The van der Waals surface area contributed by atoms with Gasteiger partial charge >= 0.3 is 0 Å². The van der Waals surface area contributed by atoms with Gasteiger partial charge in [-0.2, -0.15) is 10.5 Å². The lowest BCUT2D eigenvalue weighted by molar-refractivity contribution is 0.586. The van der Waals surface area contributed by atoms with Crippen molar-refractivity contribution < 1.29 is 0 Å². The van der Waals surface area contributed by atoms with Gasteiger partial charge in [0.05, 0.1) is 28.7 Å². The van der Waals surface area contributed by atoms with E-state index in [1.165, 1.54) is 55.6 Å². The number of para-hydroxylation sites is 2. The van der Waals surface area contributed by atoms with E-state index in [1.54, 1.807) is 0 Å². The maximum absolute atomic E-state index is 9.74. The van der Waals surface area contributed by atoms with Crippen molar-refractivity contribution in [2.45, 2.75) is 57.8 Å². The predicted molar refractivity (Wildman–Crippen MR) is 259 cm³/mol. The van der Waals surface area contributed by atoms with Crippen molar-refractivity contribution in [3.63, 3.8) is 0 Å². The fraction of sp³-hybridized carbons (Fsp3) is 0.153. The smallest absolute Gasteiger partial charge is 0.0991 e. The van der Waals surface area contributed by atoms with Gasteiger partial charge in [0, 0.05) is 34.1 Å². The van der Waals surface area contributed by atoms with Crippen molar-refractivity contribution in [2.75, 3.05) is 9.80 Å². The number of hydrogen-bond donors (Lipinski definition) is 0.